The largest absolute Gasteiger partial charge is 0.386 e. The van der Waals surface area contributed by atoms with Crippen LogP contribution in [0.5, 0.6) is 0 Å². The topological polar surface area (TPSA) is 61.4 Å². The third kappa shape index (κ3) is 3.98. The molecule has 7 heteroatoms. The van der Waals surface area contributed by atoms with Crippen molar-refractivity contribution in [3.8, 4) is 0 Å². The quantitative estimate of drug-likeness (QED) is 0.556. The van der Waals surface area contributed by atoms with Crippen LogP contribution in [0.15, 0.2) is 23.1 Å². The van der Waals surface area contributed by atoms with E-state index in [1.807, 2.05) is 0 Å². The second-order valence-electron chi connectivity index (χ2n) is 8.17. The molecule has 0 spiro atoms. The molecule has 0 radical (unpaired) electrons. The van der Waals surface area contributed by atoms with Gasteiger partial charge in [0.25, 0.3) is 0 Å². The van der Waals surface area contributed by atoms with Crippen molar-refractivity contribution in [3.63, 3.8) is 0 Å². The molecule has 0 aromatic heterocycles. The lowest BCUT2D eigenvalue weighted by Gasteiger charge is -2.19. The summed E-state index contributed by atoms with van der Waals surface area (Å²) in [6, 6.07) is 4.00. The van der Waals surface area contributed by atoms with Gasteiger partial charge in [-0.1, -0.05) is 17.7 Å². The monoisotopic (exact) mass is 434 g/mol. The highest BCUT2D eigenvalue weighted by Gasteiger charge is 2.28. The summed E-state index contributed by atoms with van der Waals surface area (Å²) in [7, 11) is 0. The Bertz CT molecular complexity index is 953. The standard InChI is InChI=1S/C22H24ClFN2O2S/c1-22(2,28)12-9-10-17(24)18(11-12)29-26-21(27)25-20-15-7-3-5-13(15)19(23)14-6-4-8-16(14)20/h9-11,28H,3-8H2,1-2H3,(H2,25,26,27). The maximum Gasteiger partial charge on any atom is 0.329 e. The highest BCUT2D eigenvalue weighted by atomic mass is 35.5. The summed E-state index contributed by atoms with van der Waals surface area (Å²) < 4.78 is 16.8. The van der Waals surface area contributed by atoms with Crippen LogP contribution < -0.4 is 10.0 Å². The van der Waals surface area contributed by atoms with Crippen molar-refractivity contribution in [1.29, 1.82) is 0 Å². The van der Waals surface area contributed by atoms with E-state index in [0.29, 0.717) is 5.56 Å². The Labute approximate surface area is 179 Å². The molecule has 4 rings (SSSR count). The molecule has 0 aliphatic heterocycles. The zero-order valence-electron chi connectivity index (χ0n) is 16.5. The fraction of sp³-hybridized carbons (Fsp3) is 0.409. The molecule has 2 amide bonds. The van der Waals surface area contributed by atoms with Crippen molar-refractivity contribution in [2.24, 2.45) is 0 Å². The first-order valence-corrected chi connectivity index (χ1v) is 11.1. The highest BCUT2D eigenvalue weighted by Crippen LogP contribution is 2.44. The molecule has 0 unspecified atom stereocenters. The van der Waals surface area contributed by atoms with E-state index >= 15 is 0 Å². The van der Waals surface area contributed by atoms with Gasteiger partial charge >= 0.3 is 6.03 Å². The predicted molar refractivity (Wildman–Crippen MR) is 115 cm³/mol. The van der Waals surface area contributed by atoms with Crippen LogP contribution >= 0.6 is 23.5 Å². The van der Waals surface area contributed by atoms with E-state index < -0.39 is 17.4 Å². The summed E-state index contributed by atoms with van der Waals surface area (Å²) >= 11 is 7.52. The smallest absolute Gasteiger partial charge is 0.329 e. The van der Waals surface area contributed by atoms with E-state index in [4.69, 9.17) is 11.6 Å². The summed E-state index contributed by atoms with van der Waals surface area (Å²) in [5.41, 5.74) is 5.00. The lowest BCUT2D eigenvalue weighted by molar-refractivity contribution is 0.0782. The Morgan fingerprint density at radius 3 is 2.28 bits per heavy atom. The van der Waals surface area contributed by atoms with E-state index in [1.54, 1.807) is 26.0 Å². The van der Waals surface area contributed by atoms with Crippen LogP contribution in [0.25, 0.3) is 0 Å². The lowest BCUT2D eigenvalue weighted by atomic mass is 9.98. The molecule has 0 bridgehead atoms. The summed E-state index contributed by atoms with van der Waals surface area (Å²) in [6.45, 7) is 3.27. The van der Waals surface area contributed by atoms with E-state index in [9.17, 15) is 14.3 Å². The number of fused-ring (bicyclic) bond motifs is 2. The number of amides is 2. The Morgan fingerprint density at radius 2 is 1.69 bits per heavy atom. The average Bonchev–Trinajstić information content (AvgIpc) is 3.33. The van der Waals surface area contributed by atoms with Gasteiger partial charge in [-0.05, 0) is 104 Å². The van der Waals surface area contributed by atoms with E-state index in [0.717, 1.165) is 72.3 Å². The molecule has 0 heterocycles. The second kappa shape index (κ2) is 7.82. The summed E-state index contributed by atoms with van der Waals surface area (Å²) in [5, 5.41) is 14.0. The maximum atomic E-state index is 14.2. The van der Waals surface area contributed by atoms with E-state index in [-0.39, 0.29) is 4.90 Å². The number of rotatable bonds is 4. The van der Waals surface area contributed by atoms with Gasteiger partial charge in [-0.25, -0.2) is 9.18 Å². The number of nitrogens with one attached hydrogen (secondary N) is 2. The van der Waals surface area contributed by atoms with Crippen molar-refractivity contribution in [1.82, 2.24) is 4.72 Å². The van der Waals surface area contributed by atoms with Gasteiger partial charge in [0, 0.05) is 10.7 Å². The molecule has 0 fully saturated rings. The molecule has 4 nitrogen and oxygen atoms in total. The summed E-state index contributed by atoms with van der Waals surface area (Å²) in [4.78, 5) is 12.9. The zero-order chi connectivity index (χ0) is 20.8. The van der Waals surface area contributed by atoms with Crippen LogP contribution in [0.3, 0.4) is 0 Å². The number of urea groups is 1. The second-order valence-corrected chi connectivity index (χ2v) is 9.40. The predicted octanol–water partition coefficient (Wildman–Crippen LogP) is 5.51. The molecule has 3 N–H and O–H groups in total. The molecule has 0 atom stereocenters. The van der Waals surface area contributed by atoms with Gasteiger partial charge in [0.15, 0.2) is 0 Å². The number of carbonyl (C=O) groups is 1. The zero-order valence-corrected chi connectivity index (χ0v) is 18.1. The summed E-state index contributed by atoms with van der Waals surface area (Å²) in [5.74, 6) is -0.448. The first-order valence-electron chi connectivity index (χ1n) is 9.87. The van der Waals surface area contributed by atoms with Crippen LogP contribution in [0.2, 0.25) is 5.02 Å². The number of hydrogen-bond donors (Lipinski definition) is 3. The molecule has 2 aromatic carbocycles. The SMILES string of the molecule is CC(C)(O)c1ccc(F)c(SNC(=O)Nc2c3c(c(Cl)c4c2CCC4)CCC3)c1. The van der Waals surface area contributed by atoms with Crippen molar-refractivity contribution >= 4 is 35.3 Å². The van der Waals surface area contributed by atoms with Crippen LogP contribution in [0.1, 0.15) is 54.5 Å². The number of anilines is 1. The molecular weight excluding hydrogens is 411 g/mol. The molecule has 0 saturated carbocycles. The Kier molecular flexibility index (Phi) is 5.53. The Hall–Kier alpha value is -1.76. The minimum Gasteiger partial charge on any atom is -0.386 e. The van der Waals surface area contributed by atoms with Crippen molar-refractivity contribution in [3.05, 3.63) is 56.9 Å². The number of halogens is 2. The number of benzene rings is 2. The van der Waals surface area contributed by atoms with Gasteiger partial charge in [0.2, 0.25) is 0 Å². The minimum absolute atomic E-state index is 0.256. The number of hydrogen-bond acceptors (Lipinski definition) is 3. The van der Waals surface area contributed by atoms with E-state index in [1.165, 1.54) is 17.2 Å². The van der Waals surface area contributed by atoms with Crippen LogP contribution in [-0.4, -0.2) is 11.1 Å². The number of carbonyl (C=O) groups excluding carboxylic acids is 1. The van der Waals surface area contributed by atoms with Crippen LogP contribution in [0.4, 0.5) is 14.9 Å². The molecule has 29 heavy (non-hydrogen) atoms. The van der Waals surface area contributed by atoms with Gasteiger partial charge in [0.05, 0.1) is 10.5 Å². The molecule has 2 aliphatic carbocycles. The average molecular weight is 435 g/mol. The molecular formula is C22H24ClFN2O2S. The highest BCUT2D eigenvalue weighted by molar-refractivity contribution is 7.98. The van der Waals surface area contributed by atoms with Gasteiger partial charge in [-0.2, -0.15) is 0 Å². The number of aliphatic hydroxyl groups is 1. The third-order valence-corrected chi connectivity index (χ3v) is 6.98. The summed E-state index contributed by atoms with van der Waals surface area (Å²) in [6.07, 6.45) is 5.79. The normalized spacial score (nSPS) is 15.2. The molecule has 0 saturated heterocycles. The Morgan fingerprint density at radius 1 is 1.10 bits per heavy atom. The van der Waals surface area contributed by atoms with Gasteiger partial charge in [0.1, 0.15) is 5.82 Å². The van der Waals surface area contributed by atoms with Gasteiger partial charge < -0.3 is 10.4 Å². The maximum absolute atomic E-state index is 14.2. The molecule has 2 aromatic rings. The lowest BCUT2D eigenvalue weighted by Crippen LogP contribution is -2.24. The van der Waals surface area contributed by atoms with Crippen molar-refractivity contribution in [2.45, 2.75) is 62.9 Å². The third-order valence-electron chi connectivity index (χ3n) is 5.70. The van der Waals surface area contributed by atoms with Gasteiger partial charge in [-0.3, -0.25) is 4.72 Å². The first-order chi connectivity index (χ1) is 13.8. The fourth-order valence-electron chi connectivity index (χ4n) is 4.24. The minimum atomic E-state index is -1.09. The molecule has 2 aliphatic rings. The van der Waals surface area contributed by atoms with Gasteiger partial charge in [-0.15, -0.1) is 0 Å². The fourth-order valence-corrected chi connectivity index (χ4v) is 5.26. The first kappa shape index (κ1) is 20.5. The van der Waals surface area contributed by atoms with E-state index in [2.05, 4.69) is 10.0 Å². The van der Waals surface area contributed by atoms with Crippen LogP contribution in [0, 0.1) is 5.82 Å². The Balaban J connectivity index is 1.53. The van der Waals surface area contributed by atoms with Crippen LogP contribution in [-0.2, 0) is 31.3 Å². The van der Waals surface area contributed by atoms with Crippen molar-refractivity contribution in [2.75, 3.05) is 5.32 Å². The van der Waals surface area contributed by atoms with Crippen molar-refractivity contribution < 1.29 is 14.3 Å². The molecule has 154 valence electrons.